The van der Waals surface area contributed by atoms with Gasteiger partial charge in [-0.15, -0.1) is 0 Å². The minimum absolute atomic E-state index is 0.244. The number of rotatable bonds is 2. The molecule has 0 fully saturated rings. The summed E-state index contributed by atoms with van der Waals surface area (Å²) < 4.78 is 10.5. The van der Waals surface area contributed by atoms with E-state index in [1.165, 1.54) is 5.56 Å². The van der Waals surface area contributed by atoms with Gasteiger partial charge < -0.3 is 14.5 Å². The van der Waals surface area contributed by atoms with Gasteiger partial charge in [0, 0.05) is 13.7 Å². The molecule has 1 aliphatic rings. The molecule has 1 aromatic heterocycles. The first-order valence-corrected chi connectivity index (χ1v) is 4.20. The van der Waals surface area contributed by atoms with Gasteiger partial charge in [0.1, 0.15) is 5.76 Å². The van der Waals surface area contributed by atoms with E-state index in [4.69, 9.17) is 9.15 Å². The Morgan fingerprint density at radius 2 is 2.67 bits per heavy atom. The number of nitrogens with one attached hydrogen (secondary N) is 1. The number of fused-ring (bicyclic) bond motifs is 1. The Balaban J connectivity index is 2.19. The van der Waals surface area contributed by atoms with Crippen molar-refractivity contribution in [1.29, 1.82) is 0 Å². The molecular weight excluding hydrogens is 154 g/mol. The van der Waals surface area contributed by atoms with Gasteiger partial charge in [0.2, 0.25) is 0 Å². The standard InChI is InChI=1S/C9H13NO2/c1-11-6-8-9-7(2-4-10-8)3-5-12-9/h3,5,8,10H,2,4,6H2,1H3. The number of methoxy groups -OCH3 is 1. The first-order valence-electron chi connectivity index (χ1n) is 4.20. The molecule has 3 nitrogen and oxygen atoms in total. The molecule has 0 saturated carbocycles. The van der Waals surface area contributed by atoms with Crippen molar-refractivity contribution in [3.8, 4) is 0 Å². The quantitative estimate of drug-likeness (QED) is 0.716. The Morgan fingerprint density at radius 1 is 1.75 bits per heavy atom. The average molecular weight is 167 g/mol. The number of hydrogen-bond donors (Lipinski definition) is 1. The van der Waals surface area contributed by atoms with Crippen molar-refractivity contribution in [1.82, 2.24) is 5.32 Å². The molecule has 1 N–H and O–H groups in total. The van der Waals surface area contributed by atoms with E-state index in [0.717, 1.165) is 18.7 Å². The second-order valence-corrected chi connectivity index (χ2v) is 3.02. The van der Waals surface area contributed by atoms with E-state index in [2.05, 4.69) is 5.32 Å². The van der Waals surface area contributed by atoms with Crippen molar-refractivity contribution < 1.29 is 9.15 Å². The van der Waals surface area contributed by atoms with Gasteiger partial charge in [0.15, 0.2) is 0 Å². The van der Waals surface area contributed by atoms with Crippen LogP contribution in [-0.4, -0.2) is 20.3 Å². The summed E-state index contributed by atoms with van der Waals surface area (Å²) >= 11 is 0. The van der Waals surface area contributed by atoms with Crippen LogP contribution in [0.3, 0.4) is 0 Å². The lowest BCUT2D eigenvalue weighted by atomic mass is 10.0. The van der Waals surface area contributed by atoms with Crippen LogP contribution in [-0.2, 0) is 11.2 Å². The van der Waals surface area contributed by atoms with E-state index < -0.39 is 0 Å². The van der Waals surface area contributed by atoms with E-state index in [1.807, 2.05) is 6.07 Å². The molecule has 0 bridgehead atoms. The molecule has 1 atom stereocenters. The van der Waals surface area contributed by atoms with Crippen molar-refractivity contribution in [3.05, 3.63) is 23.7 Å². The highest BCUT2D eigenvalue weighted by molar-refractivity contribution is 5.23. The normalized spacial score (nSPS) is 22.2. The van der Waals surface area contributed by atoms with E-state index in [1.54, 1.807) is 13.4 Å². The SMILES string of the molecule is COCC1NCCc2ccoc21. The van der Waals surface area contributed by atoms with E-state index >= 15 is 0 Å². The largest absolute Gasteiger partial charge is 0.467 e. The lowest BCUT2D eigenvalue weighted by molar-refractivity contribution is 0.153. The zero-order valence-electron chi connectivity index (χ0n) is 7.17. The molecule has 3 heteroatoms. The second-order valence-electron chi connectivity index (χ2n) is 3.02. The monoisotopic (exact) mass is 167 g/mol. The molecule has 2 heterocycles. The van der Waals surface area contributed by atoms with Crippen molar-refractivity contribution in [2.45, 2.75) is 12.5 Å². The van der Waals surface area contributed by atoms with Gasteiger partial charge in [0.25, 0.3) is 0 Å². The average Bonchev–Trinajstić information content (AvgIpc) is 2.53. The van der Waals surface area contributed by atoms with Crippen LogP contribution in [0.2, 0.25) is 0 Å². The van der Waals surface area contributed by atoms with Gasteiger partial charge in [0.05, 0.1) is 18.9 Å². The third-order valence-electron chi connectivity index (χ3n) is 2.22. The molecule has 1 aliphatic heterocycles. The molecule has 0 aliphatic carbocycles. The van der Waals surface area contributed by atoms with Gasteiger partial charge in [-0.2, -0.15) is 0 Å². The highest BCUT2D eigenvalue weighted by atomic mass is 16.5. The third-order valence-corrected chi connectivity index (χ3v) is 2.22. The highest BCUT2D eigenvalue weighted by Crippen LogP contribution is 2.23. The van der Waals surface area contributed by atoms with Crippen LogP contribution in [0.1, 0.15) is 17.4 Å². The Hall–Kier alpha value is -0.800. The van der Waals surface area contributed by atoms with Crippen molar-refractivity contribution in [2.24, 2.45) is 0 Å². The van der Waals surface area contributed by atoms with Crippen molar-refractivity contribution in [3.63, 3.8) is 0 Å². The zero-order valence-corrected chi connectivity index (χ0v) is 7.17. The maximum absolute atomic E-state index is 5.38. The van der Waals surface area contributed by atoms with Crippen LogP contribution in [0, 0.1) is 0 Å². The van der Waals surface area contributed by atoms with Crippen molar-refractivity contribution >= 4 is 0 Å². The smallest absolute Gasteiger partial charge is 0.126 e. The maximum atomic E-state index is 5.38. The van der Waals surface area contributed by atoms with Gasteiger partial charge in [-0.25, -0.2) is 0 Å². The first kappa shape index (κ1) is 7.83. The minimum Gasteiger partial charge on any atom is -0.467 e. The Kier molecular flexibility index (Phi) is 2.15. The van der Waals surface area contributed by atoms with E-state index in [9.17, 15) is 0 Å². The van der Waals surface area contributed by atoms with Crippen LogP contribution in [0.15, 0.2) is 16.7 Å². The van der Waals surface area contributed by atoms with E-state index in [-0.39, 0.29) is 6.04 Å². The Morgan fingerprint density at radius 3 is 3.50 bits per heavy atom. The summed E-state index contributed by atoms with van der Waals surface area (Å²) in [6, 6.07) is 2.28. The second kappa shape index (κ2) is 3.29. The summed E-state index contributed by atoms with van der Waals surface area (Å²) in [6.45, 7) is 1.70. The van der Waals surface area contributed by atoms with Crippen LogP contribution in [0.25, 0.3) is 0 Å². The summed E-state index contributed by atoms with van der Waals surface area (Å²) in [5.41, 5.74) is 1.32. The van der Waals surface area contributed by atoms with Gasteiger partial charge in [-0.3, -0.25) is 0 Å². The van der Waals surface area contributed by atoms with Crippen LogP contribution in [0.4, 0.5) is 0 Å². The molecule has 0 saturated heterocycles. The van der Waals surface area contributed by atoms with Crippen LogP contribution in [0.5, 0.6) is 0 Å². The molecule has 2 rings (SSSR count). The highest BCUT2D eigenvalue weighted by Gasteiger charge is 2.21. The maximum Gasteiger partial charge on any atom is 0.126 e. The summed E-state index contributed by atoms with van der Waals surface area (Å²) in [7, 11) is 1.71. The fraction of sp³-hybridized carbons (Fsp3) is 0.556. The number of ether oxygens (including phenoxy) is 1. The molecule has 0 amide bonds. The topological polar surface area (TPSA) is 34.4 Å². The van der Waals surface area contributed by atoms with Crippen LogP contribution >= 0.6 is 0 Å². The number of furan rings is 1. The number of hydrogen-bond acceptors (Lipinski definition) is 3. The summed E-state index contributed by atoms with van der Waals surface area (Å²) in [5.74, 6) is 1.04. The first-order chi connectivity index (χ1) is 5.92. The lowest BCUT2D eigenvalue weighted by Crippen LogP contribution is -2.31. The van der Waals surface area contributed by atoms with E-state index in [0.29, 0.717) is 6.61 Å². The molecular formula is C9H13NO2. The molecule has 66 valence electrons. The third kappa shape index (κ3) is 1.26. The predicted octanol–water partition coefficient (Wildman–Crippen LogP) is 1.11. The molecule has 1 unspecified atom stereocenters. The molecule has 1 aromatic rings. The van der Waals surface area contributed by atoms with Crippen molar-refractivity contribution in [2.75, 3.05) is 20.3 Å². The van der Waals surface area contributed by atoms with Gasteiger partial charge in [-0.1, -0.05) is 0 Å². The summed E-state index contributed by atoms with van der Waals surface area (Å²) in [6.07, 6.45) is 2.81. The fourth-order valence-corrected chi connectivity index (χ4v) is 1.63. The predicted molar refractivity (Wildman–Crippen MR) is 45.0 cm³/mol. The molecule has 0 spiro atoms. The minimum atomic E-state index is 0.244. The summed E-state index contributed by atoms with van der Waals surface area (Å²) in [4.78, 5) is 0. The molecule has 0 radical (unpaired) electrons. The zero-order chi connectivity index (χ0) is 8.39. The Labute approximate surface area is 71.7 Å². The summed E-state index contributed by atoms with van der Waals surface area (Å²) in [5, 5.41) is 3.34. The Bertz CT molecular complexity index is 257. The fourth-order valence-electron chi connectivity index (χ4n) is 1.63. The lowest BCUT2D eigenvalue weighted by Gasteiger charge is -2.21. The molecule has 12 heavy (non-hydrogen) atoms. The van der Waals surface area contributed by atoms with Gasteiger partial charge in [-0.05, 0) is 18.1 Å². The molecule has 0 aromatic carbocycles. The van der Waals surface area contributed by atoms with Gasteiger partial charge >= 0.3 is 0 Å². The van der Waals surface area contributed by atoms with Crippen LogP contribution < -0.4 is 5.32 Å².